The van der Waals surface area contributed by atoms with Gasteiger partial charge in [-0.3, -0.25) is 10.1 Å². The van der Waals surface area contributed by atoms with E-state index in [9.17, 15) is 14.9 Å². The minimum atomic E-state index is -0.544. The zero-order chi connectivity index (χ0) is 19.7. The molecule has 0 amide bonds. The minimum Gasteiger partial charge on any atom is -0.333 e. The van der Waals surface area contributed by atoms with Crippen LogP contribution >= 0.6 is 0 Å². The molecular formula is C19H13N5O4. The van der Waals surface area contributed by atoms with Crippen molar-refractivity contribution < 1.29 is 9.45 Å². The van der Waals surface area contributed by atoms with Crippen LogP contribution in [-0.4, -0.2) is 25.0 Å². The van der Waals surface area contributed by atoms with Gasteiger partial charge in [0.15, 0.2) is 0 Å². The van der Waals surface area contributed by atoms with Gasteiger partial charge in [0.25, 0.3) is 11.6 Å². The third-order valence-electron chi connectivity index (χ3n) is 4.14. The molecule has 0 saturated heterocycles. The predicted octanol–water partition coefficient (Wildman–Crippen LogP) is 3.37. The van der Waals surface area contributed by atoms with E-state index in [2.05, 4.69) is 20.1 Å². The van der Waals surface area contributed by atoms with Crippen molar-refractivity contribution in [1.29, 1.82) is 0 Å². The number of nitrogens with one attached hydrogen (secondary N) is 1. The molecule has 0 fully saturated rings. The summed E-state index contributed by atoms with van der Waals surface area (Å²) in [5.74, 6) is 0.587. The van der Waals surface area contributed by atoms with E-state index in [1.54, 1.807) is 6.92 Å². The van der Waals surface area contributed by atoms with Crippen LogP contribution in [0.1, 0.15) is 5.69 Å². The lowest BCUT2D eigenvalue weighted by Crippen LogP contribution is -2.14. The van der Waals surface area contributed by atoms with E-state index in [1.807, 2.05) is 30.3 Å². The first-order valence-corrected chi connectivity index (χ1v) is 8.28. The molecule has 0 spiro atoms. The number of nitro groups is 1. The fourth-order valence-electron chi connectivity index (χ4n) is 2.83. The average molecular weight is 375 g/mol. The first-order chi connectivity index (χ1) is 13.5. The van der Waals surface area contributed by atoms with Crippen molar-refractivity contribution in [2.24, 2.45) is 0 Å². The van der Waals surface area contributed by atoms with Gasteiger partial charge in [-0.05, 0) is 19.1 Å². The zero-order valence-electron chi connectivity index (χ0n) is 14.6. The van der Waals surface area contributed by atoms with Gasteiger partial charge >= 0.3 is 5.69 Å². The number of nitro benzene ring substituents is 1. The van der Waals surface area contributed by atoms with Crippen molar-refractivity contribution in [3.63, 3.8) is 0 Å². The molecule has 2 aromatic heterocycles. The molecule has 9 nitrogen and oxygen atoms in total. The minimum absolute atomic E-state index is 0.0592. The number of hydrogen-bond donors (Lipinski definition) is 1. The van der Waals surface area contributed by atoms with Gasteiger partial charge in [0.2, 0.25) is 5.82 Å². The monoisotopic (exact) mass is 375 g/mol. The van der Waals surface area contributed by atoms with Crippen LogP contribution in [0, 0.1) is 17.0 Å². The Morgan fingerprint density at radius 3 is 2.39 bits per heavy atom. The number of nitrogens with zero attached hydrogens (tertiary/aromatic N) is 4. The second-order valence-corrected chi connectivity index (χ2v) is 5.98. The van der Waals surface area contributed by atoms with Gasteiger partial charge < -0.3 is 9.51 Å². The highest BCUT2D eigenvalue weighted by Crippen LogP contribution is 2.32. The standard InChI is InChI=1S/C19H13N5O4/c1-11-15(18-22-17(23-28-18)13-5-3-2-4-6-13)16(21-19(25)20-11)12-7-9-14(10-8-12)24(26)27/h2-10H,1H3,(H,20,21,25). The van der Waals surface area contributed by atoms with E-state index in [1.165, 1.54) is 24.3 Å². The Morgan fingerprint density at radius 2 is 1.71 bits per heavy atom. The van der Waals surface area contributed by atoms with Crippen LogP contribution in [0.4, 0.5) is 5.69 Å². The lowest BCUT2D eigenvalue weighted by atomic mass is 10.0. The molecule has 138 valence electrons. The van der Waals surface area contributed by atoms with Crippen LogP contribution in [0.3, 0.4) is 0 Å². The summed E-state index contributed by atoms with van der Waals surface area (Å²) in [6.45, 7) is 1.69. The molecule has 0 saturated carbocycles. The average Bonchev–Trinajstić information content (AvgIpc) is 3.18. The van der Waals surface area contributed by atoms with E-state index in [0.29, 0.717) is 28.3 Å². The summed E-state index contributed by atoms with van der Waals surface area (Å²) in [7, 11) is 0. The molecule has 0 unspecified atom stereocenters. The Balaban J connectivity index is 1.85. The van der Waals surface area contributed by atoms with Crippen molar-refractivity contribution in [1.82, 2.24) is 20.1 Å². The van der Waals surface area contributed by atoms with Crippen molar-refractivity contribution in [3.8, 4) is 34.1 Å². The fourth-order valence-corrected chi connectivity index (χ4v) is 2.83. The SMILES string of the molecule is Cc1[nH]c(=O)nc(-c2ccc([N+](=O)[O-])cc2)c1-c1nc(-c2ccccc2)no1. The number of aromatic nitrogens is 4. The Labute approximate surface area is 157 Å². The molecule has 28 heavy (non-hydrogen) atoms. The third kappa shape index (κ3) is 3.16. The largest absolute Gasteiger partial charge is 0.345 e. The molecule has 2 heterocycles. The molecule has 0 atom stereocenters. The molecule has 2 aromatic carbocycles. The maximum absolute atomic E-state index is 11.9. The highest BCUT2D eigenvalue weighted by molar-refractivity contribution is 5.79. The second kappa shape index (κ2) is 6.88. The highest BCUT2D eigenvalue weighted by atomic mass is 16.6. The smallest absolute Gasteiger partial charge is 0.333 e. The van der Waals surface area contributed by atoms with Gasteiger partial charge in [-0.25, -0.2) is 4.79 Å². The van der Waals surface area contributed by atoms with E-state index in [-0.39, 0.29) is 11.6 Å². The third-order valence-corrected chi connectivity index (χ3v) is 4.14. The summed E-state index contributed by atoms with van der Waals surface area (Å²) in [6.07, 6.45) is 0. The lowest BCUT2D eigenvalue weighted by molar-refractivity contribution is -0.384. The topological polar surface area (TPSA) is 128 Å². The first kappa shape index (κ1) is 17.3. The summed E-state index contributed by atoms with van der Waals surface area (Å²) < 4.78 is 5.42. The predicted molar refractivity (Wildman–Crippen MR) is 100 cm³/mol. The van der Waals surface area contributed by atoms with E-state index in [0.717, 1.165) is 5.56 Å². The zero-order valence-corrected chi connectivity index (χ0v) is 14.6. The van der Waals surface area contributed by atoms with Crippen LogP contribution in [0.25, 0.3) is 34.1 Å². The maximum atomic E-state index is 11.9. The van der Waals surface area contributed by atoms with E-state index in [4.69, 9.17) is 4.52 Å². The molecule has 0 radical (unpaired) electrons. The number of non-ortho nitro benzene ring substituents is 1. The van der Waals surface area contributed by atoms with Crippen molar-refractivity contribution in [2.75, 3.05) is 0 Å². The van der Waals surface area contributed by atoms with Crippen LogP contribution in [0.15, 0.2) is 63.9 Å². The van der Waals surface area contributed by atoms with E-state index < -0.39 is 10.6 Å². The Morgan fingerprint density at radius 1 is 1.00 bits per heavy atom. The Bertz CT molecular complexity index is 1210. The number of benzene rings is 2. The number of hydrogen-bond acceptors (Lipinski definition) is 7. The maximum Gasteiger partial charge on any atom is 0.345 e. The van der Waals surface area contributed by atoms with Gasteiger partial charge in [0.05, 0.1) is 16.2 Å². The highest BCUT2D eigenvalue weighted by Gasteiger charge is 2.20. The van der Waals surface area contributed by atoms with Gasteiger partial charge in [-0.15, -0.1) is 0 Å². The second-order valence-electron chi connectivity index (χ2n) is 5.98. The lowest BCUT2D eigenvalue weighted by Gasteiger charge is -2.07. The Kier molecular flexibility index (Phi) is 4.24. The summed E-state index contributed by atoms with van der Waals surface area (Å²) in [5.41, 5.74) is 1.96. The molecule has 4 aromatic rings. The van der Waals surface area contributed by atoms with Crippen molar-refractivity contribution in [3.05, 3.63) is 80.9 Å². The normalized spacial score (nSPS) is 10.8. The molecule has 9 heteroatoms. The molecule has 4 rings (SSSR count). The Hall–Kier alpha value is -4.14. The molecule has 0 aliphatic carbocycles. The quantitative estimate of drug-likeness (QED) is 0.428. The molecule has 1 N–H and O–H groups in total. The molecular weight excluding hydrogens is 362 g/mol. The summed E-state index contributed by atoms with van der Waals surface area (Å²) in [5, 5.41) is 14.9. The summed E-state index contributed by atoms with van der Waals surface area (Å²) in [4.78, 5) is 33.4. The first-order valence-electron chi connectivity index (χ1n) is 8.28. The van der Waals surface area contributed by atoms with Crippen molar-refractivity contribution >= 4 is 5.69 Å². The number of aromatic amines is 1. The number of aryl methyl sites for hydroxylation is 1. The van der Waals surface area contributed by atoms with Crippen LogP contribution < -0.4 is 5.69 Å². The van der Waals surface area contributed by atoms with Gasteiger partial charge in [0.1, 0.15) is 0 Å². The van der Waals surface area contributed by atoms with Crippen LogP contribution in [0.5, 0.6) is 0 Å². The van der Waals surface area contributed by atoms with Gasteiger partial charge in [-0.2, -0.15) is 9.97 Å². The van der Waals surface area contributed by atoms with Gasteiger partial charge in [-0.1, -0.05) is 35.5 Å². The van der Waals surface area contributed by atoms with E-state index >= 15 is 0 Å². The van der Waals surface area contributed by atoms with Crippen LogP contribution in [0.2, 0.25) is 0 Å². The molecule has 0 bridgehead atoms. The fraction of sp³-hybridized carbons (Fsp3) is 0.0526. The number of H-pyrrole nitrogens is 1. The molecule has 0 aliphatic rings. The number of rotatable bonds is 4. The summed E-state index contributed by atoms with van der Waals surface area (Å²) >= 11 is 0. The van der Waals surface area contributed by atoms with Crippen LogP contribution in [-0.2, 0) is 0 Å². The molecule has 0 aliphatic heterocycles. The van der Waals surface area contributed by atoms with Gasteiger partial charge in [0, 0.05) is 29.0 Å². The summed E-state index contributed by atoms with van der Waals surface area (Å²) in [6, 6.07) is 15.1. The van der Waals surface area contributed by atoms with Crippen molar-refractivity contribution in [2.45, 2.75) is 6.92 Å².